The zero-order valence-corrected chi connectivity index (χ0v) is 8.02. The van der Waals surface area contributed by atoms with Gasteiger partial charge in [-0.25, -0.2) is 4.98 Å². The Balaban J connectivity index is 2.88. The molecule has 3 N–H and O–H groups in total. The van der Waals surface area contributed by atoms with Crippen LogP contribution >= 0.6 is 0 Å². The largest absolute Gasteiger partial charge is 0.345 e. The van der Waals surface area contributed by atoms with Crippen LogP contribution in [0.3, 0.4) is 0 Å². The van der Waals surface area contributed by atoms with Crippen LogP contribution < -0.4 is 5.73 Å². The first-order valence-electron chi connectivity index (χ1n) is 4.50. The molecule has 1 heterocycles. The molecule has 0 unspecified atom stereocenters. The Bertz CT molecular complexity index is 252. The minimum atomic E-state index is 0.0593. The molecule has 1 atom stereocenters. The lowest BCUT2D eigenvalue weighted by atomic mass is 10.2. The Morgan fingerprint density at radius 1 is 1.50 bits per heavy atom. The molecule has 0 saturated heterocycles. The highest BCUT2D eigenvalue weighted by atomic mass is 15.0. The molecule has 0 spiro atoms. The van der Waals surface area contributed by atoms with Crippen molar-refractivity contribution in [3.8, 4) is 0 Å². The van der Waals surface area contributed by atoms with E-state index in [-0.39, 0.29) is 6.04 Å². The van der Waals surface area contributed by atoms with E-state index in [0.29, 0.717) is 0 Å². The second-order valence-electron chi connectivity index (χ2n) is 3.06. The zero-order valence-electron chi connectivity index (χ0n) is 8.02. The second kappa shape index (κ2) is 3.72. The fraction of sp³-hybridized carbons (Fsp3) is 0.667. The third kappa shape index (κ3) is 1.67. The van der Waals surface area contributed by atoms with Gasteiger partial charge in [0.15, 0.2) is 0 Å². The van der Waals surface area contributed by atoms with Crippen LogP contribution in [0.2, 0.25) is 0 Å². The standard InChI is InChI=1S/C9H17N3/c1-4-7(10)9-11-6(3)8(5-2)12-9/h7H,4-5,10H2,1-3H3,(H,11,12)/t7-/m1/s1. The Labute approximate surface area is 73.4 Å². The highest BCUT2D eigenvalue weighted by Gasteiger charge is 2.09. The summed E-state index contributed by atoms with van der Waals surface area (Å²) in [5, 5.41) is 0. The van der Waals surface area contributed by atoms with Gasteiger partial charge in [0.2, 0.25) is 0 Å². The molecule has 0 aliphatic rings. The molecule has 3 nitrogen and oxygen atoms in total. The topological polar surface area (TPSA) is 54.7 Å². The molecule has 0 aliphatic heterocycles. The number of H-pyrrole nitrogens is 1. The van der Waals surface area contributed by atoms with Crippen molar-refractivity contribution in [2.24, 2.45) is 5.73 Å². The van der Waals surface area contributed by atoms with E-state index in [2.05, 4.69) is 23.8 Å². The fourth-order valence-electron chi connectivity index (χ4n) is 1.23. The predicted octanol–water partition coefficient (Wildman–Crippen LogP) is 1.69. The van der Waals surface area contributed by atoms with E-state index in [4.69, 9.17) is 5.73 Å². The average Bonchev–Trinajstić information content (AvgIpc) is 2.45. The maximum Gasteiger partial charge on any atom is 0.123 e. The SMILES string of the molecule is CCc1nc([C@H](N)CC)[nH]c1C. The van der Waals surface area contributed by atoms with Gasteiger partial charge in [-0.05, 0) is 19.8 Å². The molecular formula is C9H17N3. The van der Waals surface area contributed by atoms with Crippen molar-refractivity contribution in [3.05, 3.63) is 17.2 Å². The summed E-state index contributed by atoms with van der Waals surface area (Å²) in [6.45, 7) is 6.20. The maximum atomic E-state index is 5.84. The van der Waals surface area contributed by atoms with Crippen LogP contribution in [-0.4, -0.2) is 9.97 Å². The normalized spacial score (nSPS) is 13.3. The second-order valence-corrected chi connectivity index (χ2v) is 3.06. The molecule has 0 aliphatic carbocycles. The first-order valence-corrected chi connectivity index (χ1v) is 4.50. The Hall–Kier alpha value is -0.830. The molecule has 1 aromatic rings. The molecule has 12 heavy (non-hydrogen) atoms. The van der Waals surface area contributed by atoms with Crippen molar-refractivity contribution < 1.29 is 0 Å². The summed E-state index contributed by atoms with van der Waals surface area (Å²) in [5.74, 6) is 0.923. The van der Waals surface area contributed by atoms with Gasteiger partial charge < -0.3 is 10.7 Å². The van der Waals surface area contributed by atoms with Crippen LogP contribution in [-0.2, 0) is 6.42 Å². The van der Waals surface area contributed by atoms with Gasteiger partial charge in [-0.3, -0.25) is 0 Å². The Kier molecular flexibility index (Phi) is 2.87. The van der Waals surface area contributed by atoms with Crippen LogP contribution in [0.5, 0.6) is 0 Å². The molecule has 0 aromatic carbocycles. The van der Waals surface area contributed by atoms with Crippen molar-refractivity contribution in [2.45, 2.75) is 39.7 Å². The minimum Gasteiger partial charge on any atom is -0.345 e. The monoisotopic (exact) mass is 167 g/mol. The van der Waals surface area contributed by atoms with E-state index in [0.717, 1.165) is 30.1 Å². The smallest absolute Gasteiger partial charge is 0.123 e. The van der Waals surface area contributed by atoms with Gasteiger partial charge in [-0.15, -0.1) is 0 Å². The third-order valence-electron chi connectivity index (χ3n) is 2.13. The number of imidazole rings is 1. The van der Waals surface area contributed by atoms with Crippen molar-refractivity contribution in [1.82, 2.24) is 9.97 Å². The van der Waals surface area contributed by atoms with E-state index < -0.39 is 0 Å². The Morgan fingerprint density at radius 3 is 2.58 bits per heavy atom. The van der Waals surface area contributed by atoms with Gasteiger partial charge in [0.25, 0.3) is 0 Å². The molecule has 3 heteroatoms. The fourth-order valence-corrected chi connectivity index (χ4v) is 1.23. The summed E-state index contributed by atoms with van der Waals surface area (Å²) in [5.41, 5.74) is 8.12. The van der Waals surface area contributed by atoms with Crippen molar-refractivity contribution in [3.63, 3.8) is 0 Å². The number of rotatable bonds is 3. The summed E-state index contributed by atoms with van der Waals surface area (Å²) in [7, 11) is 0. The predicted molar refractivity (Wildman–Crippen MR) is 49.9 cm³/mol. The van der Waals surface area contributed by atoms with Gasteiger partial charge in [0.1, 0.15) is 5.82 Å². The molecule has 0 radical (unpaired) electrons. The number of nitrogens with zero attached hydrogens (tertiary/aromatic N) is 1. The number of nitrogens with two attached hydrogens (primary N) is 1. The number of aromatic amines is 1. The van der Waals surface area contributed by atoms with Crippen molar-refractivity contribution in [1.29, 1.82) is 0 Å². The van der Waals surface area contributed by atoms with Crippen LogP contribution in [0.15, 0.2) is 0 Å². The van der Waals surface area contributed by atoms with Gasteiger partial charge >= 0.3 is 0 Å². The first kappa shape index (κ1) is 9.26. The van der Waals surface area contributed by atoms with E-state index in [1.54, 1.807) is 0 Å². The lowest BCUT2D eigenvalue weighted by Gasteiger charge is -2.02. The van der Waals surface area contributed by atoms with Gasteiger partial charge in [0, 0.05) is 5.69 Å². The number of aryl methyl sites for hydroxylation is 2. The van der Waals surface area contributed by atoms with Gasteiger partial charge in [-0.1, -0.05) is 13.8 Å². The first-order chi connectivity index (χ1) is 5.69. The zero-order chi connectivity index (χ0) is 9.14. The van der Waals surface area contributed by atoms with E-state index in [9.17, 15) is 0 Å². The molecule has 0 saturated carbocycles. The molecule has 68 valence electrons. The summed E-state index contributed by atoms with van der Waals surface area (Å²) in [6, 6.07) is 0.0593. The van der Waals surface area contributed by atoms with Crippen LogP contribution in [0.4, 0.5) is 0 Å². The van der Waals surface area contributed by atoms with Crippen molar-refractivity contribution >= 4 is 0 Å². The number of aromatic nitrogens is 2. The summed E-state index contributed by atoms with van der Waals surface area (Å²) < 4.78 is 0. The molecular weight excluding hydrogens is 150 g/mol. The van der Waals surface area contributed by atoms with Crippen molar-refractivity contribution in [2.75, 3.05) is 0 Å². The molecule has 0 fully saturated rings. The molecule has 1 rings (SSSR count). The molecule has 0 amide bonds. The van der Waals surface area contributed by atoms with Gasteiger partial charge in [-0.2, -0.15) is 0 Å². The van der Waals surface area contributed by atoms with E-state index in [1.807, 2.05) is 6.92 Å². The Morgan fingerprint density at radius 2 is 2.17 bits per heavy atom. The lowest BCUT2D eigenvalue weighted by molar-refractivity contribution is 0.655. The minimum absolute atomic E-state index is 0.0593. The highest BCUT2D eigenvalue weighted by molar-refractivity contribution is 5.14. The van der Waals surface area contributed by atoms with Crippen LogP contribution in [0, 0.1) is 6.92 Å². The van der Waals surface area contributed by atoms with E-state index >= 15 is 0 Å². The van der Waals surface area contributed by atoms with E-state index in [1.165, 1.54) is 0 Å². The van der Waals surface area contributed by atoms with Gasteiger partial charge in [0.05, 0.1) is 11.7 Å². The quantitative estimate of drug-likeness (QED) is 0.719. The number of hydrogen-bond acceptors (Lipinski definition) is 2. The third-order valence-corrected chi connectivity index (χ3v) is 2.13. The summed E-state index contributed by atoms with van der Waals surface area (Å²) in [4.78, 5) is 7.63. The summed E-state index contributed by atoms with van der Waals surface area (Å²) in [6.07, 6.45) is 1.90. The summed E-state index contributed by atoms with van der Waals surface area (Å²) >= 11 is 0. The number of nitrogens with one attached hydrogen (secondary N) is 1. The average molecular weight is 167 g/mol. The number of hydrogen-bond donors (Lipinski definition) is 2. The molecule has 0 bridgehead atoms. The molecule has 1 aromatic heterocycles. The van der Waals surface area contributed by atoms with Crippen LogP contribution in [0.25, 0.3) is 0 Å². The maximum absolute atomic E-state index is 5.84. The highest BCUT2D eigenvalue weighted by Crippen LogP contribution is 2.12. The lowest BCUT2D eigenvalue weighted by Crippen LogP contribution is -2.10. The van der Waals surface area contributed by atoms with Crippen LogP contribution in [0.1, 0.15) is 43.5 Å².